The van der Waals surface area contributed by atoms with Crippen molar-refractivity contribution in [3.05, 3.63) is 29.6 Å². The molecule has 0 aliphatic carbocycles. The molecule has 0 saturated heterocycles. The maximum Gasteiger partial charge on any atom is 0.419 e. The highest BCUT2D eigenvalue weighted by atomic mass is 31.2. The van der Waals surface area contributed by atoms with Crippen LogP contribution in [0.1, 0.15) is 25.8 Å². The van der Waals surface area contributed by atoms with Crippen LogP contribution in [0, 0.1) is 5.82 Å². The van der Waals surface area contributed by atoms with Crippen LogP contribution < -0.4 is 4.74 Å². The van der Waals surface area contributed by atoms with Gasteiger partial charge in [0.25, 0.3) is 0 Å². The monoisotopic (exact) mass is 372 g/mol. The fourth-order valence-electron chi connectivity index (χ4n) is 1.76. The molecular formula is C14H17F4O5P. The smallest absolute Gasteiger partial charge is 0.419 e. The summed E-state index contributed by atoms with van der Waals surface area (Å²) < 4.78 is 77.7. The lowest BCUT2D eigenvalue weighted by molar-refractivity contribution is -0.141. The van der Waals surface area contributed by atoms with Gasteiger partial charge < -0.3 is 13.8 Å². The minimum absolute atomic E-state index is 0.110. The second-order valence-corrected chi connectivity index (χ2v) is 6.72. The summed E-state index contributed by atoms with van der Waals surface area (Å²) in [7, 11) is -3.46. The van der Waals surface area contributed by atoms with Gasteiger partial charge in [0.15, 0.2) is 0 Å². The second kappa shape index (κ2) is 8.60. The van der Waals surface area contributed by atoms with Crippen LogP contribution in [0.25, 0.3) is 0 Å². The van der Waals surface area contributed by atoms with Gasteiger partial charge in [-0.1, -0.05) is 0 Å². The normalized spacial score (nSPS) is 12.2. The van der Waals surface area contributed by atoms with Crippen molar-refractivity contribution in [1.29, 1.82) is 0 Å². The average molecular weight is 372 g/mol. The van der Waals surface area contributed by atoms with E-state index in [0.717, 1.165) is 6.07 Å². The number of ether oxygens (including phenoxy) is 1. The zero-order valence-corrected chi connectivity index (χ0v) is 14.0. The fourth-order valence-corrected chi connectivity index (χ4v) is 3.33. The van der Waals surface area contributed by atoms with Gasteiger partial charge in [-0.2, -0.15) is 13.2 Å². The summed E-state index contributed by atoms with van der Waals surface area (Å²) in [5.41, 5.74) is -1.54. The van der Waals surface area contributed by atoms with E-state index in [0.29, 0.717) is 12.1 Å². The van der Waals surface area contributed by atoms with Crippen molar-refractivity contribution in [2.24, 2.45) is 0 Å². The summed E-state index contributed by atoms with van der Waals surface area (Å²) >= 11 is 0. The molecule has 1 aromatic carbocycles. The molecular weight excluding hydrogens is 355 g/mol. The zero-order chi connectivity index (χ0) is 18.4. The number of halogens is 4. The van der Waals surface area contributed by atoms with Gasteiger partial charge in [0.1, 0.15) is 11.6 Å². The van der Waals surface area contributed by atoms with Crippen LogP contribution in [0.5, 0.6) is 5.75 Å². The summed E-state index contributed by atoms with van der Waals surface area (Å²) in [6, 6.07) is 1.84. The van der Waals surface area contributed by atoms with Crippen molar-refractivity contribution < 1.29 is 40.7 Å². The molecule has 0 unspecified atom stereocenters. The van der Waals surface area contributed by atoms with Crippen molar-refractivity contribution in [3.8, 4) is 5.75 Å². The largest absolute Gasteiger partial charge is 0.426 e. The van der Waals surface area contributed by atoms with E-state index in [9.17, 15) is 26.9 Å². The predicted molar refractivity (Wildman–Crippen MR) is 77.4 cm³/mol. The third-order valence-electron chi connectivity index (χ3n) is 2.72. The number of rotatable bonds is 8. The molecule has 1 aromatic rings. The Morgan fingerprint density at radius 1 is 1.17 bits per heavy atom. The summed E-state index contributed by atoms with van der Waals surface area (Å²) in [5.74, 6) is -2.87. The Kier molecular flexibility index (Phi) is 7.38. The molecule has 0 radical (unpaired) electrons. The van der Waals surface area contributed by atoms with Gasteiger partial charge in [0.2, 0.25) is 0 Å². The molecule has 0 atom stereocenters. The molecule has 5 nitrogen and oxygen atoms in total. The van der Waals surface area contributed by atoms with Crippen LogP contribution in [-0.2, 0) is 24.6 Å². The van der Waals surface area contributed by atoms with Gasteiger partial charge in [-0.25, -0.2) is 4.39 Å². The van der Waals surface area contributed by atoms with Crippen LogP contribution in [0.15, 0.2) is 18.2 Å². The summed E-state index contributed by atoms with van der Waals surface area (Å²) in [5, 5.41) is 0. The molecule has 24 heavy (non-hydrogen) atoms. The van der Waals surface area contributed by atoms with Crippen LogP contribution in [0.3, 0.4) is 0 Å². The van der Waals surface area contributed by atoms with Crippen molar-refractivity contribution in [2.45, 2.75) is 26.4 Å². The third kappa shape index (κ3) is 6.22. The average Bonchev–Trinajstić information content (AvgIpc) is 2.47. The lowest BCUT2D eigenvalue weighted by Crippen LogP contribution is -2.13. The molecule has 0 aromatic heterocycles. The molecule has 0 amide bonds. The lowest BCUT2D eigenvalue weighted by Gasteiger charge is -2.16. The highest BCUT2D eigenvalue weighted by molar-refractivity contribution is 7.53. The second-order valence-electron chi connectivity index (χ2n) is 4.53. The topological polar surface area (TPSA) is 61.8 Å². The summed E-state index contributed by atoms with van der Waals surface area (Å²) in [4.78, 5) is 11.7. The van der Waals surface area contributed by atoms with Crippen molar-refractivity contribution >= 4 is 13.6 Å². The first-order valence-electron chi connectivity index (χ1n) is 7.07. The van der Waals surface area contributed by atoms with Crippen molar-refractivity contribution in [2.75, 3.05) is 19.4 Å². The quantitative estimate of drug-likeness (QED) is 0.293. The zero-order valence-electron chi connectivity index (χ0n) is 13.1. The van der Waals surface area contributed by atoms with E-state index >= 15 is 0 Å². The highest BCUT2D eigenvalue weighted by Crippen LogP contribution is 2.48. The van der Waals surface area contributed by atoms with Crippen LogP contribution in [0.2, 0.25) is 0 Å². The number of carbonyl (C=O) groups excluding carboxylic acids is 1. The van der Waals surface area contributed by atoms with Crippen LogP contribution >= 0.6 is 7.60 Å². The van der Waals surface area contributed by atoms with Gasteiger partial charge in [0.05, 0.1) is 31.4 Å². The number of hydrogen-bond acceptors (Lipinski definition) is 5. The van der Waals surface area contributed by atoms with Gasteiger partial charge in [-0.15, -0.1) is 0 Å². The predicted octanol–water partition coefficient (Wildman–Crippen LogP) is 4.41. The first kappa shape index (κ1) is 20.6. The molecule has 1 rings (SSSR count). The lowest BCUT2D eigenvalue weighted by atomic mass is 10.2. The van der Waals surface area contributed by atoms with E-state index in [1.165, 1.54) is 0 Å². The van der Waals surface area contributed by atoms with Gasteiger partial charge in [-0.3, -0.25) is 9.36 Å². The van der Waals surface area contributed by atoms with Gasteiger partial charge in [0, 0.05) is 0 Å². The molecule has 0 spiro atoms. The molecule has 0 aliphatic rings. The third-order valence-corrected chi connectivity index (χ3v) is 4.79. The minimum atomic E-state index is -4.91. The molecule has 0 bridgehead atoms. The summed E-state index contributed by atoms with van der Waals surface area (Å²) in [6.45, 7) is 3.42. The Balaban J connectivity index is 2.73. The SMILES string of the molecule is CCOP(=O)(CCC(=O)Oc1ccc(F)c(C(F)(F)F)c1)OCC. The van der Waals surface area contributed by atoms with E-state index in [1.807, 2.05) is 0 Å². The first-order chi connectivity index (χ1) is 11.1. The van der Waals surface area contributed by atoms with Crippen molar-refractivity contribution in [3.63, 3.8) is 0 Å². The van der Waals surface area contributed by atoms with Crippen molar-refractivity contribution in [1.82, 2.24) is 0 Å². The van der Waals surface area contributed by atoms with E-state index in [2.05, 4.69) is 0 Å². The Morgan fingerprint density at radius 2 is 1.75 bits per heavy atom. The molecule has 0 aliphatic heterocycles. The van der Waals surface area contributed by atoms with E-state index in [-0.39, 0.29) is 19.4 Å². The first-order valence-corrected chi connectivity index (χ1v) is 8.79. The van der Waals surface area contributed by atoms with E-state index in [1.54, 1.807) is 13.8 Å². The minimum Gasteiger partial charge on any atom is -0.426 e. The molecule has 0 N–H and O–H groups in total. The van der Waals surface area contributed by atoms with Crippen LogP contribution in [-0.4, -0.2) is 25.3 Å². The summed E-state index contributed by atoms with van der Waals surface area (Å²) in [6.07, 6.45) is -5.58. The van der Waals surface area contributed by atoms with E-state index in [4.69, 9.17) is 13.8 Å². The van der Waals surface area contributed by atoms with E-state index < -0.39 is 43.3 Å². The molecule has 0 saturated carbocycles. The van der Waals surface area contributed by atoms with Crippen LogP contribution in [0.4, 0.5) is 17.6 Å². The Labute approximate surface area is 136 Å². The highest BCUT2D eigenvalue weighted by Gasteiger charge is 2.34. The van der Waals surface area contributed by atoms with Gasteiger partial charge >= 0.3 is 19.7 Å². The number of carbonyl (C=O) groups is 1. The molecule has 136 valence electrons. The molecule has 0 heterocycles. The number of alkyl halides is 3. The Bertz CT molecular complexity index is 608. The van der Waals surface area contributed by atoms with Gasteiger partial charge in [-0.05, 0) is 32.0 Å². The maximum absolute atomic E-state index is 13.1. The standard InChI is InChI=1S/C14H17F4O5P/c1-3-21-24(20,22-4-2)8-7-13(19)23-10-5-6-12(15)11(9-10)14(16,17)18/h5-6,9H,3-4,7-8H2,1-2H3. The fraction of sp³-hybridized carbons (Fsp3) is 0.500. The Morgan fingerprint density at radius 3 is 2.25 bits per heavy atom. The number of esters is 1. The number of hydrogen-bond donors (Lipinski definition) is 0. The Hall–Kier alpha value is -1.44. The number of benzene rings is 1. The molecule has 0 fully saturated rings. The molecule has 10 heteroatoms. The maximum atomic E-state index is 13.1.